The Bertz CT molecular complexity index is 783. The van der Waals surface area contributed by atoms with Gasteiger partial charge in [0.25, 0.3) is 0 Å². The van der Waals surface area contributed by atoms with Crippen LogP contribution in [0.15, 0.2) is 47.5 Å². The molecule has 5 nitrogen and oxygen atoms in total. The van der Waals surface area contributed by atoms with E-state index in [9.17, 15) is 12.8 Å². The Balaban J connectivity index is 2.31. The molecule has 0 aliphatic heterocycles. The van der Waals surface area contributed by atoms with Crippen LogP contribution in [0.4, 0.5) is 4.39 Å². The maximum atomic E-state index is 12.8. The minimum absolute atomic E-state index is 0.0718. The number of nitriles is 1. The molecule has 0 spiro atoms. The predicted molar refractivity (Wildman–Crippen MR) is 74.0 cm³/mol. The zero-order chi connectivity index (χ0) is 15.5. The minimum Gasteiger partial charge on any atom is -0.244 e. The van der Waals surface area contributed by atoms with E-state index in [4.69, 9.17) is 5.26 Å². The van der Waals surface area contributed by atoms with Crippen LogP contribution in [-0.2, 0) is 16.6 Å². The SMILES string of the molecule is CN(Cc1ccc(F)cc1)S(=O)(=O)c1cccnc1C#N. The first-order valence-corrected chi connectivity index (χ1v) is 7.45. The van der Waals surface area contributed by atoms with E-state index in [2.05, 4.69) is 4.98 Å². The normalized spacial score (nSPS) is 11.3. The lowest BCUT2D eigenvalue weighted by Crippen LogP contribution is -2.27. The quantitative estimate of drug-likeness (QED) is 0.865. The molecule has 0 saturated carbocycles. The molecular weight excluding hydrogens is 293 g/mol. The van der Waals surface area contributed by atoms with Gasteiger partial charge in [0.1, 0.15) is 16.8 Å². The van der Waals surface area contributed by atoms with Crippen LogP contribution >= 0.6 is 0 Å². The van der Waals surface area contributed by atoms with Gasteiger partial charge in [-0.05, 0) is 29.8 Å². The second-order valence-electron chi connectivity index (χ2n) is 4.35. The number of benzene rings is 1. The highest BCUT2D eigenvalue weighted by Gasteiger charge is 2.24. The van der Waals surface area contributed by atoms with Gasteiger partial charge in [-0.15, -0.1) is 0 Å². The van der Waals surface area contributed by atoms with Crippen LogP contribution < -0.4 is 0 Å². The predicted octanol–water partition coefficient (Wildman–Crippen LogP) is 1.91. The van der Waals surface area contributed by atoms with E-state index in [-0.39, 0.29) is 23.0 Å². The molecule has 0 bridgehead atoms. The van der Waals surface area contributed by atoms with E-state index in [0.29, 0.717) is 5.56 Å². The first-order valence-electron chi connectivity index (χ1n) is 6.01. The Morgan fingerprint density at radius 3 is 2.57 bits per heavy atom. The topological polar surface area (TPSA) is 74.1 Å². The third-order valence-electron chi connectivity index (χ3n) is 2.88. The van der Waals surface area contributed by atoms with Gasteiger partial charge in [-0.2, -0.15) is 9.57 Å². The smallest absolute Gasteiger partial charge is 0.244 e. The van der Waals surface area contributed by atoms with Crippen LogP contribution in [-0.4, -0.2) is 24.8 Å². The second-order valence-corrected chi connectivity index (χ2v) is 6.36. The maximum absolute atomic E-state index is 12.8. The molecule has 0 fully saturated rings. The number of rotatable bonds is 4. The molecule has 0 amide bonds. The van der Waals surface area contributed by atoms with Crippen LogP contribution in [0.3, 0.4) is 0 Å². The first-order chi connectivity index (χ1) is 9.95. The van der Waals surface area contributed by atoms with Gasteiger partial charge in [0.15, 0.2) is 5.69 Å². The molecule has 0 unspecified atom stereocenters. The summed E-state index contributed by atoms with van der Waals surface area (Å²) in [5.41, 5.74) is 0.494. The fraction of sp³-hybridized carbons (Fsp3) is 0.143. The molecule has 21 heavy (non-hydrogen) atoms. The van der Waals surface area contributed by atoms with Crippen LogP contribution in [0.5, 0.6) is 0 Å². The molecule has 2 aromatic rings. The summed E-state index contributed by atoms with van der Waals surface area (Å²) in [6.07, 6.45) is 1.36. The van der Waals surface area contributed by atoms with Crippen molar-refractivity contribution < 1.29 is 12.8 Å². The van der Waals surface area contributed by atoms with Crippen molar-refractivity contribution in [1.29, 1.82) is 5.26 Å². The fourth-order valence-corrected chi connectivity index (χ4v) is 3.03. The van der Waals surface area contributed by atoms with Crippen molar-refractivity contribution in [1.82, 2.24) is 9.29 Å². The number of hydrogen-bond acceptors (Lipinski definition) is 4. The third kappa shape index (κ3) is 3.24. The molecule has 0 radical (unpaired) electrons. The van der Waals surface area contributed by atoms with Gasteiger partial charge in [-0.25, -0.2) is 17.8 Å². The summed E-state index contributed by atoms with van der Waals surface area (Å²) in [6.45, 7) is 0.0718. The van der Waals surface area contributed by atoms with Gasteiger partial charge in [0.05, 0.1) is 0 Å². The van der Waals surface area contributed by atoms with Gasteiger partial charge in [-0.1, -0.05) is 12.1 Å². The second kappa shape index (κ2) is 5.99. The summed E-state index contributed by atoms with van der Waals surface area (Å²) in [5.74, 6) is -0.386. The van der Waals surface area contributed by atoms with Crippen molar-refractivity contribution in [3.8, 4) is 6.07 Å². The zero-order valence-electron chi connectivity index (χ0n) is 11.2. The summed E-state index contributed by atoms with van der Waals surface area (Å²) in [7, 11) is -2.44. The van der Waals surface area contributed by atoms with E-state index in [0.717, 1.165) is 4.31 Å². The molecular formula is C14H12FN3O2S. The van der Waals surface area contributed by atoms with Crippen LogP contribution in [0.1, 0.15) is 11.3 Å². The fourth-order valence-electron chi connectivity index (χ4n) is 1.78. The van der Waals surface area contributed by atoms with E-state index in [1.54, 1.807) is 6.07 Å². The molecule has 0 atom stereocenters. The zero-order valence-corrected chi connectivity index (χ0v) is 12.0. The highest BCUT2D eigenvalue weighted by molar-refractivity contribution is 7.89. The van der Waals surface area contributed by atoms with Gasteiger partial charge < -0.3 is 0 Å². The third-order valence-corrected chi connectivity index (χ3v) is 4.72. The van der Waals surface area contributed by atoms with E-state index in [1.165, 1.54) is 49.6 Å². The lowest BCUT2D eigenvalue weighted by molar-refractivity contribution is 0.466. The van der Waals surface area contributed by atoms with Crippen molar-refractivity contribution in [2.75, 3.05) is 7.05 Å². The van der Waals surface area contributed by atoms with Crippen molar-refractivity contribution >= 4 is 10.0 Å². The standard InChI is InChI=1S/C14H12FN3O2S/c1-18(10-11-4-6-12(15)7-5-11)21(19,20)14-3-2-8-17-13(14)9-16/h2-8H,10H2,1H3. The van der Waals surface area contributed by atoms with Gasteiger partial charge >= 0.3 is 0 Å². The Morgan fingerprint density at radius 1 is 1.29 bits per heavy atom. The number of aromatic nitrogens is 1. The Hall–Kier alpha value is -2.30. The summed E-state index contributed by atoms with van der Waals surface area (Å²) in [5, 5.41) is 8.95. The number of nitrogens with zero attached hydrogens (tertiary/aromatic N) is 3. The molecule has 0 aliphatic carbocycles. The highest BCUT2D eigenvalue weighted by atomic mass is 32.2. The number of pyridine rings is 1. The molecule has 0 N–H and O–H groups in total. The van der Waals surface area contributed by atoms with Crippen LogP contribution in [0.2, 0.25) is 0 Å². The first kappa shape index (κ1) is 15.1. The highest BCUT2D eigenvalue weighted by Crippen LogP contribution is 2.19. The average molecular weight is 305 g/mol. The van der Waals surface area contributed by atoms with E-state index in [1.807, 2.05) is 0 Å². The van der Waals surface area contributed by atoms with Crippen LogP contribution in [0.25, 0.3) is 0 Å². The molecule has 1 heterocycles. The lowest BCUT2D eigenvalue weighted by Gasteiger charge is -2.17. The van der Waals surface area contributed by atoms with Crippen LogP contribution in [0, 0.1) is 17.1 Å². The molecule has 108 valence electrons. The van der Waals surface area contributed by atoms with Gasteiger partial charge in [-0.3, -0.25) is 0 Å². The Labute approximate surface area is 122 Å². The molecule has 0 saturated heterocycles. The molecule has 1 aromatic heterocycles. The molecule has 7 heteroatoms. The Kier molecular flexibility index (Phi) is 4.31. The minimum atomic E-state index is -3.84. The van der Waals surface area contributed by atoms with Crippen molar-refractivity contribution in [3.05, 3.63) is 59.7 Å². The summed E-state index contributed by atoms with van der Waals surface area (Å²) in [6, 6.07) is 10.1. The molecule has 1 aromatic carbocycles. The van der Waals surface area contributed by atoms with Crippen molar-refractivity contribution in [2.45, 2.75) is 11.4 Å². The molecule has 2 rings (SSSR count). The van der Waals surface area contributed by atoms with E-state index >= 15 is 0 Å². The average Bonchev–Trinajstić information content (AvgIpc) is 2.49. The number of hydrogen-bond donors (Lipinski definition) is 0. The monoisotopic (exact) mass is 305 g/mol. The lowest BCUT2D eigenvalue weighted by atomic mass is 10.2. The molecule has 0 aliphatic rings. The van der Waals surface area contributed by atoms with Crippen molar-refractivity contribution in [3.63, 3.8) is 0 Å². The largest absolute Gasteiger partial charge is 0.246 e. The van der Waals surface area contributed by atoms with Crippen molar-refractivity contribution in [2.24, 2.45) is 0 Å². The van der Waals surface area contributed by atoms with E-state index < -0.39 is 10.0 Å². The Morgan fingerprint density at radius 2 is 1.95 bits per heavy atom. The number of halogens is 1. The summed E-state index contributed by atoms with van der Waals surface area (Å²) < 4.78 is 38.8. The maximum Gasteiger partial charge on any atom is 0.246 e. The van der Waals surface area contributed by atoms with Gasteiger partial charge in [0, 0.05) is 19.8 Å². The summed E-state index contributed by atoms with van der Waals surface area (Å²) >= 11 is 0. The number of sulfonamides is 1. The van der Waals surface area contributed by atoms with Gasteiger partial charge in [0.2, 0.25) is 10.0 Å². The summed E-state index contributed by atoms with van der Waals surface area (Å²) in [4.78, 5) is 3.61.